The van der Waals surface area contributed by atoms with Crippen LogP contribution in [-0.2, 0) is 21.3 Å². The van der Waals surface area contributed by atoms with Gasteiger partial charge in [0.1, 0.15) is 0 Å². The van der Waals surface area contributed by atoms with Gasteiger partial charge in [0.05, 0.1) is 0 Å². The zero-order valence-corrected chi connectivity index (χ0v) is 32.0. The predicted molar refractivity (Wildman–Crippen MR) is 193 cm³/mol. The van der Waals surface area contributed by atoms with E-state index in [0.717, 1.165) is 10.0 Å². The minimum atomic E-state index is -3.01. The first kappa shape index (κ1) is 32.6. The summed E-state index contributed by atoms with van der Waals surface area (Å²) in [7, 11) is 0. The Bertz CT molecular complexity index is 1820. The van der Waals surface area contributed by atoms with E-state index < -0.39 is 21.3 Å². The van der Waals surface area contributed by atoms with E-state index in [2.05, 4.69) is 135 Å². The summed E-state index contributed by atoms with van der Waals surface area (Å²) in [5.41, 5.74) is 15.3. The molecule has 0 aromatic heterocycles. The molecule has 45 heavy (non-hydrogen) atoms. The predicted octanol–water partition coefficient (Wildman–Crippen LogP) is 12.3. The fraction of sp³-hybridized carbons (Fsp3) is 0.310. The van der Waals surface area contributed by atoms with E-state index in [0.29, 0.717) is 15.5 Å². The van der Waals surface area contributed by atoms with Crippen molar-refractivity contribution in [1.29, 1.82) is 0 Å². The standard InChI is InChI=1S/C17H17.C13H8Cl2.C12H19.Zr/c1-10-5-14-9-15-6-11(2)13(4)8-17(15)16(14)7-12(10)3;14-12-5-1-3-10(8-12)7-11-4-2-6-13(15)9-11;1-9(2)10-6-7-11(8-10)12(3,4)5;/h5-9H,1-4H3;1-6,8-9H;7-10H,1-5H3;. The summed E-state index contributed by atoms with van der Waals surface area (Å²) in [5.74, 6) is 0.888. The van der Waals surface area contributed by atoms with Crippen LogP contribution in [-0.4, -0.2) is 3.21 Å². The molecule has 2 aliphatic rings. The van der Waals surface area contributed by atoms with Crippen molar-refractivity contribution in [1.82, 2.24) is 0 Å². The Morgan fingerprint density at radius 3 is 1.58 bits per heavy atom. The molecule has 0 radical (unpaired) electrons. The molecular weight excluding hydrogens is 667 g/mol. The van der Waals surface area contributed by atoms with E-state index in [1.54, 1.807) is 3.28 Å². The van der Waals surface area contributed by atoms with Crippen molar-refractivity contribution in [2.45, 2.75) is 65.9 Å². The molecule has 0 heterocycles. The second kappa shape index (κ2) is 12.4. The molecule has 6 rings (SSSR count). The van der Waals surface area contributed by atoms with Gasteiger partial charge in [0, 0.05) is 0 Å². The fourth-order valence-electron chi connectivity index (χ4n) is 7.19. The van der Waals surface area contributed by atoms with E-state index in [4.69, 9.17) is 23.2 Å². The second-order valence-corrected chi connectivity index (χ2v) is 21.5. The molecule has 1 atom stereocenters. The van der Waals surface area contributed by atoms with E-state index in [9.17, 15) is 0 Å². The normalized spacial score (nSPS) is 16.0. The molecule has 0 nitrogen and oxygen atoms in total. The molecule has 4 aromatic carbocycles. The number of hydrogen-bond donors (Lipinski definition) is 0. The van der Waals surface area contributed by atoms with Gasteiger partial charge in [-0.05, 0) is 0 Å². The third-order valence-electron chi connectivity index (χ3n) is 9.95. The second-order valence-electron chi connectivity index (χ2n) is 14.5. The van der Waals surface area contributed by atoms with Crippen LogP contribution in [0.5, 0.6) is 0 Å². The van der Waals surface area contributed by atoms with Crippen LogP contribution < -0.4 is 0 Å². The number of aryl methyl sites for hydroxylation is 4. The van der Waals surface area contributed by atoms with Crippen molar-refractivity contribution >= 4 is 26.4 Å². The van der Waals surface area contributed by atoms with Gasteiger partial charge in [-0.3, -0.25) is 0 Å². The van der Waals surface area contributed by atoms with Crippen LogP contribution in [0, 0.1) is 44.9 Å². The molecule has 4 aromatic rings. The van der Waals surface area contributed by atoms with Gasteiger partial charge >= 0.3 is 290 Å². The van der Waals surface area contributed by atoms with Crippen molar-refractivity contribution < 1.29 is 21.3 Å². The van der Waals surface area contributed by atoms with Crippen molar-refractivity contribution in [3.8, 4) is 11.1 Å². The van der Waals surface area contributed by atoms with Gasteiger partial charge in [0.15, 0.2) is 0 Å². The molecule has 0 amide bonds. The van der Waals surface area contributed by atoms with E-state index >= 15 is 0 Å². The maximum absolute atomic E-state index is 6.79. The average molecular weight is 711 g/mol. The van der Waals surface area contributed by atoms with Gasteiger partial charge in [0.2, 0.25) is 0 Å². The van der Waals surface area contributed by atoms with Crippen LogP contribution in [0.25, 0.3) is 11.1 Å². The van der Waals surface area contributed by atoms with Crippen molar-refractivity contribution in [2.24, 2.45) is 17.3 Å². The van der Waals surface area contributed by atoms with Crippen LogP contribution in [0.4, 0.5) is 0 Å². The number of allylic oxidation sites excluding steroid dienone is 4. The Balaban J connectivity index is 1.82. The number of fused-ring (bicyclic) bond motifs is 3. The molecule has 0 bridgehead atoms. The van der Waals surface area contributed by atoms with Gasteiger partial charge < -0.3 is 0 Å². The van der Waals surface area contributed by atoms with Crippen LogP contribution in [0.3, 0.4) is 0 Å². The van der Waals surface area contributed by atoms with Crippen molar-refractivity contribution in [3.63, 3.8) is 0 Å². The first-order valence-corrected chi connectivity index (χ1v) is 20.8. The molecule has 0 N–H and O–H groups in total. The summed E-state index contributed by atoms with van der Waals surface area (Å²) >= 11 is 10.6. The van der Waals surface area contributed by atoms with Gasteiger partial charge in [-0.1, -0.05) is 0 Å². The summed E-state index contributed by atoms with van der Waals surface area (Å²) in [6.07, 6.45) is 5.24. The molecule has 0 saturated heterocycles. The molecule has 230 valence electrons. The molecular formula is C42H44Cl2Zr. The van der Waals surface area contributed by atoms with Crippen molar-refractivity contribution in [3.05, 3.63) is 148 Å². The number of benzene rings is 4. The third kappa shape index (κ3) is 6.11. The summed E-state index contributed by atoms with van der Waals surface area (Å²) in [6, 6.07) is 27.1. The Morgan fingerprint density at radius 2 is 1.16 bits per heavy atom. The average Bonchev–Trinajstić information content (AvgIpc) is 3.53. The van der Waals surface area contributed by atoms with E-state index in [-0.39, 0.29) is 5.41 Å². The van der Waals surface area contributed by atoms with Gasteiger partial charge in [0.25, 0.3) is 0 Å². The maximum atomic E-state index is 6.79. The minimum absolute atomic E-state index is 0.0717. The monoisotopic (exact) mass is 708 g/mol. The quantitative estimate of drug-likeness (QED) is 0.193. The molecule has 0 spiro atoms. The summed E-state index contributed by atoms with van der Waals surface area (Å²) in [5, 5.41) is 1.54. The van der Waals surface area contributed by atoms with Crippen LogP contribution in [0.1, 0.15) is 82.8 Å². The summed E-state index contributed by atoms with van der Waals surface area (Å²) in [4.78, 5) is 0. The third-order valence-corrected chi connectivity index (χ3v) is 18.8. The first-order valence-electron chi connectivity index (χ1n) is 16.2. The summed E-state index contributed by atoms with van der Waals surface area (Å²) < 4.78 is 3.47. The van der Waals surface area contributed by atoms with E-state index in [1.807, 2.05) is 12.1 Å². The van der Waals surface area contributed by atoms with Crippen LogP contribution in [0.2, 0.25) is 10.0 Å². The molecule has 0 aliphatic heterocycles. The zero-order chi connectivity index (χ0) is 32.4. The Labute approximate surface area is 288 Å². The van der Waals surface area contributed by atoms with Crippen molar-refractivity contribution in [2.75, 3.05) is 0 Å². The molecule has 1 unspecified atom stereocenters. The zero-order valence-electron chi connectivity index (χ0n) is 28.1. The van der Waals surface area contributed by atoms with Gasteiger partial charge in [-0.2, -0.15) is 0 Å². The van der Waals surface area contributed by atoms with E-state index in [1.165, 1.54) is 64.4 Å². The van der Waals surface area contributed by atoms with Gasteiger partial charge in [-0.25, -0.2) is 0 Å². The molecule has 3 heteroatoms. The topological polar surface area (TPSA) is 0 Å². The molecule has 2 aliphatic carbocycles. The summed E-state index contributed by atoms with van der Waals surface area (Å²) in [6.45, 7) is 20.9. The Morgan fingerprint density at radius 1 is 0.689 bits per heavy atom. The van der Waals surface area contributed by atoms with Crippen LogP contribution >= 0.6 is 23.2 Å². The van der Waals surface area contributed by atoms with Crippen LogP contribution in [0.15, 0.2) is 93.8 Å². The first-order chi connectivity index (χ1) is 21.2. The number of rotatable bonds is 5. The Kier molecular flexibility index (Phi) is 8.97. The fourth-order valence-corrected chi connectivity index (χ4v) is 17.5. The number of halogens is 2. The van der Waals surface area contributed by atoms with Gasteiger partial charge in [-0.15, -0.1) is 0 Å². The SMILES string of the molecule is Cc1cc2c(cc1C)[CH]([Zr]([C]1=CC(C(C)(C)C)=CC1C(C)C)=[C](c1cccc(Cl)c1)c1cccc(Cl)c1)c1cc(C)c(C)cc1-2. The molecule has 0 saturated carbocycles. The molecule has 0 fully saturated rings. The number of hydrogen-bond acceptors (Lipinski definition) is 0. The Hall–Kier alpha value is -2.31.